The Labute approximate surface area is 113 Å². The van der Waals surface area contributed by atoms with Crippen LogP contribution in [0.2, 0.25) is 0 Å². The molecule has 0 saturated carbocycles. The van der Waals surface area contributed by atoms with Gasteiger partial charge < -0.3 is 10.5 Å². The van der Waals surface area contributed by atoms with E-state index < -0.39 is 11.9 Å². The van der Waals surface area contributed by atoms with Crippen molar-refractivity contribution < 1.29 is 14.3 Å². The van der Waals surface area contributed by atoms with Crippen LogP contribution in [0.5, 0.6) is 0 Å². The van der Waals surface area contributed by atoms with Gasteiger partial charge >= 0.3 is 5.97 Å². The maximum Gasteiger partial charge on any atom is 0.339 e. The Hall–Kier alpha value is -2.10. The highest BCUT2D eigenvalue weighted by Crippen LogP contribution is 2.20. The molecule has 0 aliphatic heterocycles. The number of hydrogen-bond acceptors (Lipinski definition) is 3. The van der Waals surface area contributed by atoms with Crippen LogP contribution in [-0.4, -0.2) is 18.5 Å². The van der Waals surface area contributed by atoms with Crippen molar-refractivity contribution in [2.24, 2.45) is 5.73 Å². The van der Waals surface area contributed by atoms with Crippen LogP contribution in [0.1, 0.15) is 32.3 Å². The van der Waals surface area contributed by atoms with E-state index in [2.05, 4.69) is 0 Å². The molecule has 0 bridgehead atoms. The number of amides is 1. The van der Waals surface area contributed by atoms with Crippen molar-refractivity contribution in [3.8, 4) is 0 Å². The second-order valence-corrected chi connectivity index (χ2v) is 4.22. The van der Waals surface area contributed by atoms with E-state index in [4.69, 9.17) is 10.5 Å². The lowest BCUT2D eigenvalue weighted by molar-refractivity contribution is -0.137. The van der Waals surface area contributed by atoms with Gasteiger partial charge in [0.2, 0.25) is 5.91 Å². The van der Waals surface area contributed by atoms with Crippen LogP contribution in [0.3, 0.4) is 0 Å². The van der Waals surface area contributed by atoms with Gasteiger partial charge in [0.05, 0.1) is 12.2 Å². The van der Waals surface area contributed by atoms with E-state index in [0.717, 1.165) is 12.8 Å². The van der Waals surface area contributed by atoms with E-state index >= 15 is 0 Å². The summed E-state index contributed by atoms with van der Waals surface area (Å²) in [6, 6.07) is 8.93. The van der Waals surface area contributed by atoms with E-state index in [9.17, 15) is 9.59 Å². The van der Waals surface area contributed by atoms with Gasteiger partial charge in [0.1, 0.15) is 0 Å². The number of rotatable bonds is 6. The Kier molecular flexibility index (Phi) is 5.79. The van der Waals surface area contributed by atoms with Gasteiger partial charge in [-0.2, -0.15) is 0 Å². The van der Waals surface area contributed by atoms with Crippen LogP contribution in [0.4, 0.5) is 0 Å². The normalized spacial score (nSPS) is 11.7. The van der Waals surface area contributed by atoms with Crippen LogP contribution in [0.15, 0.2) is 35.9 Å². The SMILES string of the molecule is CCCCOC(=O)C(=C(C)C(N)=O)c1ccccc1. The largest absolute Gasteiger partial charge is 0.462 e. The highest BCUT2D eigenvalue weighted by atomic mass is 16.5. The summed E-state index contributed by atoms with van der Waals surface area (Å²) in [4.78, 5) is 23.4. The number of esters is 1. The van der Waals surface area contributed by atoms with Gasteiger partial charge in [-0.1, -0.05) is 43.7 Å². The molecular weight excluding hydrogens is 242 g/mol. The average molecular weight is 261 g/mol. The Morgan fingerprint density at radius 3 is 2.37 bits per heavy atom. The summed E-state index contributed by atoms with van der Waals surface area (Å²) in [5, 5.41) is 0. The highest BCUT2D eigenvalue weighted by molar-refractivity contribution is 6.23. The van der Waals surface area contributed by atoms with Gasteiger partial charge in [-0.15, -0.1) is 0 Å². The number of hydrogen-bond donors (Lipinski definition) is 1. The molecule has 0 atom stereocenters. The van der Waals surface area contributed by atoms with Crippen LogP contribution < -0.4 is 5.73 Å². The quantitative estimate of drug-likeness (QED) is 0.485. The van der Waals surface area contributed by atoms with Crippen molar-refractivity contribution in [3.63, 3.8) is 0 Å². The van der Waals surface area contributed by atoms with Crippen LogP contribution in [0.25, 0.3) is 5.57 Å². The van der Waals surface area contributed by atoms with Crippen LogP contribution in [-0.2, 0) is 14.3 Å². The average Bonchev–Trinajstić information content (AvgIpc) is 2.40. The van der Waals surface area contributed by atoms with Crippen LogP contribution >= 0.6 is 0 Å². The lowest BCUT2D eigenvalue weighted by Gasteiger charge is -2.10. The fourth-order valence-electron chi connectivity index (χ4n) is 1.60. The minimum absolute atomic E-state index is 0.215. The van der Waals surface area contributed by atoms with Gasteiger partial charge in [0.25, 0.3) is 0 Å². The minimum Gasteiger partial charge on any atom is -0.462 e. The first kappa shape index (κ1) is 15.0. The monoisotopic (exact) mass is 261 g/mol. The number of nitrogens with two attached hydrogens (primary N) is 1. The van der Waals surface area contributed by atoms with Crippen LogP contribution in [0, 0.1) is 0 Å². The molecule has 0 radical (unpaired) electrons. The zero-order chi connectivity index (χ0) is 14.3. The Morgan fingerprint density at radius 2 is 1.84 bits per heavy atom. The number of carbonyl (C=O) groups is 2. The maximum absolute atomic E-state index is 12.1. The molecule has 1 aromatic rings. The Bertz CT molecular complexity index is 477. The molecular formula is C15H19NO3. The summed E-state index contributed by atoms with van der Waals surface area (Å²) in [5.74, 6) is -1.12. The molecule has 0 spiro atoms. The lowest BCUT2D eigenvalue weighted by Crippen LogP contribution is -2.18. The molecule has 1 rings (SSSR count). The van der Waals surface area contributed by atoms with Crippen molar-refractivity contribution in [2.45, 2.75) is 26.7 Å². The van der Waals surface area contributed by atoms with Crippen molar-refractivity contribution in [1.82, 2.24) is 0 Å². The summed E-state index contributed by atoms with van der Waals surface area (Å²) < 4.78 is 5.17. The van der Waals surface area contributed by atoms with E-state index in [1.807, 2.05) is 13.0 Å². The molecule has 0 aliphatic rings. The predicted molar refractivity (Wildman–Crippen MR) is 74.1 cm³/mol. The number of primary amides is 1. The van der Waals surface area contributed by atoms with E-state index in [1.54, 1.807) is 24.3 Å². The molecule has 102 valence electrons. The second kappa shape index (κ2) is 7.36. The zero-order valence-electron chi connectivity index (χ0n) is 11.3. The molecule has 0 aliphatic carbocycles. The molecule has 0 fully saturated rings. The highest BCUT2D eigenvalue weighted by Gasteiger charge is 2.19. The minimum atomic E-state index is -0.619. The molecule has 0 heterocycles. The molecule has 0 aromatic heterocycles. The molecule has 1 amide bonds. The molecule has 4 nitrogen and oxygen atoms in total. The predicted octanol–water partition coefficient (Wildman–Crippen LogP) is 2.29. The zero-order valence-corrected chi connectivity index (χ0v) is 11.3. The first-order chi connectivity index (χ1) is 9.07. The molecule has 0 unspecified atom stereocenters. The third-order valence-electron chi connectivity index (χ3n) is 2.74. The lowest BCUT2D eigenvalue weighted by atomic mass is 10.0. The molecule has 2 N–H and O–H groups in total. The first-order valence-corrected chi connectivity index (χ1v) is 6.31. The van der Waals surface area contributed by atoms with Crippen molar-refractivity contribution in [1.29, 1.82) is 0 Å². The molecule has 19 heavy (non-hydrogen) atoms. The van der Waals surface area contributed by atoms with Crippen molar-refractivity contribution in [2.75, 3.05) is 6.61 Å². The topological polar surface area (TPSA) is 69.4 Å². The standard InChI is InChI=1S/C15H19NO3/c1-3-4-10-19-15(18)13(11(2)14(16)17)12-8-6-5-7-9-12/h5-9H,3-4,10H2,1-2H3,(H2,16,17). The molecule has 4 heteroatoms. The number of benzene rings is 1. The van der Waals surface area contributed by atoms with Crippen molar-refractivity contribution >= 4 is 17.4 Å². The number of ether oxygens (including phenoxy) is 1. The number of unbranched alkanes of at least 4 members (excludes halogenated alkanes) is 1. The smallest absolute Gasteiger partial charge is 0.339 e. The fourth-order valence-corrected chi connectivity index (χ4v) is 1.60. The summed E-state index contributed by atoms with van der Waals surface area (Å²) in [7, 11) is 0. The van der Waals surface area contributed by atoms with Gasteiger partial charge in [-0.25, -0.2) is 4.79 Å². The van der Waals surface area contributed by atoms with E-state index in [0.29, 0.717) is 12.2 Å². The molecule has 1 aromatic carbocycles. The van der Waals surface area contributed by atoms with Crippen molar-refractivity contribution in [3.05, 3.63) is 41.5 Å². The third-order valence-corrected chi connectivity index (χ3v) is 2.74. The molecule has 0 saturated heterocycles. The number of carbonyl (C=O) groups excluding carboxylic acids is 2. The maximum atomic E-state index is 12.1. The third kappa shape index (κ3) is 4.25. The second-order valence-electron chi connectivity index (χ2n) is 4.22. The first-order valence-electron chi connectivity index (χ1n) is 6.31. The van der Waals surface area contributed by atoms with Gasteiger partial charge in [0, 0.05) is 5.57 Å². The van der Waals surface area contributed by atoms with Gasteiger partial charge in [0.15, 0.2) is 0 Å². The van der Waals surface area contributed by atoms with Gasteiger partial charge in [-0.05, 0) is 18.9 Å². The summed E-state index contributed by atoms with van der Waals surface area (Å²) in [6.45, 7) is 3.89. The summed E-state index contributed by atoms with van der Waals surface area (Å²) in [5.41, 5.74) is 6.36. The Balaban J connectivity index is 3.05. The summed E-state index contributed by atoms with van der Waals surface area (Å²) >= 11 is 0. The van der Waals surface area contributed by atoms with Gasteiger partial charge in [-0.3, -0.25) is 4.79 Å². The Morgan fingerprint density at radius 1 is 1.21 bits per heavy atom. The van der Waals surface area contributed by atoms with E-state index in [-0.39, 0.29) is 11.1 Å². The fraction of sp³-hybridized carbons (Fsp3) is 0.333. The summed E-state index contributed by atoms with van der Waals surface area (Å²) in [6.07, 6.45) is 1.73. The van der Waals surface area contributed by atoms with E-state index in [1.165, 1.54) is 6.92 Å².